The summed E-state index contributed by atoms with van der Waals surface area (Å²) in [5.41, 5.74) is 3.49. The number of rotatable bonds is 3. The molecule has 1 heterocycles. The van der Waals surface area contributed by atoms with Crippen molar-refractivity contribution in [2.24, 2.45) is 0 Å². The van der Waals surface area contributed by atoms with Crippen molar-refractivity contribution < 1.29 is 19.0 Å². The SMILES string of the molecule is COC(=O)C1(c2cc(C)c(OC)c(C)c2C)COC1. The summed E-state index contributed by atoms with van der Waals surface area (Å²) in [5.74, 6) is 0.646. The molecular weight excluding hydrogens is 244 g/mol. The van der Waals surface area contributed by atoms with E-state index in [1.54, 1.807) is 7.11 Å². The van der Waals surface area contributed by atoms with Crippen LogP contribution in [-0.4, -0.2) is 33.4 Å². The van der Waals surface area contributed by atoms with E-state index in [1.807, 2.05) is 26.8 Å². The van der Waals surface area contributed by atoms with Gasteiger partial charge in [-0.15, -0.1) is 0 Å². The molecule has 19 heavy (non-hydrogen) atoms. The normalized spacial score (nSPS) is 16.7. The highest BCUT2D eigenvalue weighted by Crippen LogP contribution is 2.40. The molecule has 0 aromatic heterocycles. The number of benzene rings is 1. The number of carbonyl (C=O) groups is 1. The molecule has 1 aromatic rings. The predicted molar refractivity (Wildman–Crippen MR) is 71.7 cm³/mol. The lowest BCUT2D eigenvalue weighted by Gasteiger charge is -2.40. The quantitative estimate of drug-likeness (QED) is 0.784. The molecule has 2 rings (SSSR count). The molecule has 1 aromatic carbocycles. The van der Waals surface area contributed by atoms with Crippen LogP contribution in [0.2, 0.25) is 0 Å². The third-order valence-electron chi connectivity index (χ3n) is 4.02. The van der Waals surface area contributed by atoms with E-state index in [0.717, 1.165) is 28.0 Å². The van der Waals surface area contributed by atoms with Gasteiger partial charge in [0.25, 0.3) is 0 Å². The molecule has 0 amide bonds. The summed E-state index contributed by atoms with van der Waals surface area (Å²) in [6.07, 6.45) is 0. The Morgan fingerprint density at radius 1 is 1.21 bits per heavy atom. The molecule has 0 radical (unpaired) electrons. The van der Waals surface area contributed by atoms with Crippen LogP contribution in [0.25, 0.3) is 0 Å². The molecule has 4 heteroatoms. The summed E-state index contributed by atoms with van der Waals surface area (Å²) in [7, 11) is 3.08. The average molecular weight is 264 g/mol. The van der Waals surface area contributed by atoms with Crippen LogP contribution in [-0.2, 0) is 19.7 Å². The zero-order valence-electron chi connectivity index (χ0n) is 12.1. The van der Waals surface area contributed by atoms with E-state index < -0.39 is 5.41 Å². The fourth-order valence-corrected chi connectivity index (χ4v) is 2.75. The minimum atomic E-state index is -0.652. The molecule has 1 saturated heterocycles. The van der Waals surface area contributed by atoms with E-state index >= 15 is 0 Å². The third-order valence-corrected chi connectivity index (χ3v) is 4.02. The Bertz CT molecular complexity index is 515. The molecule has 0 atom stereocenters. The fraction of sp³-hybridized carbons (Fsp3) is 0.533. The Labute approximate surface area is 113 Å². The van der Waals surface area contributed by atoms with Gasteiger partial charge in [-0.3, -0.25) is 4.79 Å². The molecule has 0 saturated carbocycles. The van der Waals surface area contributed by atoms with Crippen LogP contribution in [0.5, 0.6) is 5.75 Å². The van der Waals surface area contributed by atoms with Gasteiger partial charge < -0.3 is 14.2 Å². The van der Waals surface area contributed by atoms with Gasteiger partial charge in [0, 0.05) is 0 Å². The fourth-order valence-electron chi connectivity index (χ4n) is 2.75. The van der Waals surface area contributed by atoms with Crippen LogP contribution in [0.4, 0.5) is 0 Å². The Hall–Kier alpha value is -1.55. The van der Waals surface area contributed by atoms with Crippen LogP contribution in [0.1, 0.15) is 22.3 Å². The van der Waals surface area contributed by atoms with Gasteiger partial charge >= 0.3 is 5.97 Å². The topological polar surface area (TPSA) is 44.8 Å². The monoisotopic (exact) mass is 264 g/mol. The van der Waals surface area contributed by atoms with Crippen LogP contribution >= 0.6 is 0 Å². The number of methoxy groups -OCH3 is 2. The lowest BCUT2D eigenvalue weighted by Crippen LogP contribution is -2.54. The van der Waals surface area contributed by atoms with Crippen molar-refractivity contribution in [2.45, 2.75) is 26.2 Å². The van der Waals surface area contributed by atoms with Gasteiger partial charge in [-0.1, -0.05) is 6.07 Å². The van der Waals surface area contributed by atoms with Crippen molar-refractivity contribution in [3.05, 3.63) is 28.3 Å². The Kier molecular flexibility index (Phi) is 3.54. The largest absolute Gasteiger partial charge is 0.496 e. The summed E-state index contributed by atoms with van der Waals surface area (Å²) in [6, 6.07) is 2.01. The lowest BCUT2D eigenvalue weighted by atomic mass is 9.75. The smallest absolute Gasteiger partial charge is 0.321 e. The molecule has 0 N–H and O–H groups in total. The van der Waals surface area contributed by atoms with Crippen molar-refractivity contribution >= 4 is 5.97 Å². The molecule has 0 spiro atoms. The number of carbonyl (C=O) groups excluding carboxylic acids is 1. The number of ether oxygens (including phenoxy) is 3. The summed E-state index contributed by atoms with van der Waals surface area (Å²) < 4.78 is 15.6. The molecular formula is C15H20O4. The second-order valence-electron chi connectivity index (χ2n) is 5.09. The zero-order chi connectivity index (χ0) is 14.2. The average Bonchev–Trinajstić information content (AvgIpc) is 2.34. The summed E-state index contributed by atoms with van der Waals surface area (Å²) in [4.78, 5) is 12.1. The standard InChI is InChI=1S/C15H20O4/c1-9-6-12(10(2)11(3)13(9)17-4)15(7-19-8-15)14(16)18-5/h6H,7-8H2,1-5H3. The molecule has 0 aliphatic carbocycles. The second-order valence-corrected chi connectivity index (χ2v) is 5.09. The Balaban J connectivity index is 2.60. The van der Waals surface area contributed by atoms with Gasteiger partial charge in [0.05, 0.1) is 27.4 Å². The number of hydrogen-bond donors (Lipinski definition) is 0. The first-order valence-electron chi connectivity index (χ1n) is 6.29. The molecule has 104 valence electrons. The van der Waals surface area contributed by atoms with Crippen molar-refractivity contribution in [3.8, 4) is 5.75 Å². The Morgan fingerprint density at radius 2 is 1.84 bits per heavy atom. The maximum atomic E-state index is 12.1. The van der Waals surface area contributed by atoms with Crippen LogP contribution in [0.3, 0.4) is 0 Å². The Morgan fingerprint density at radius 3 is 2.26 bits per heavy atom. The van der Waals surface area contributed by atoms with E-state index in [0.29, 0.717) is 13.2 Å². The highest BCUT2D eigenvalue weighted by atomic mass is 16.5. The number of hydrogen-bond acceptors (Lipinski definition) is 4. The van der Waals surface area contributed by atoms with Crippen molar-refractivity contribution in [3.63, 3.8) is 0 Å². The predicted octanol–water partition coefficient (Wildman–Crippen LogP) is 2.06. The zero-order valence-corrected chi connectivity index (χ0v) is 12.1. The molecule has 0 bridgehead atoms. The lowest BCUT2D eigenvalue weighted by molar-refractivity contribution is -0.166. The van der Waals surface area contributed by atoms with Gasteiger partial charge in [0.2, 0.25) is 0 Å². The second kappa shape index (κ2) is 4.85. The van der Waals surface area contributed by atoms with E-state index in [1.165, 1.54) is 7.11 Å². The maximum absolute atomic E-state index is 12.1. The minimum Gasteiger partial charge on any atom is -0.496 e. The van der Waals surface area contributed by atoms with Crippen LogP contribution in [0, 0.1) is 20.8 Å². The maximum Gasteiger partial charge on any atom is 0.321 e. The summed E-state index contributed by atoms with van der Waals surface area (Å²) in [5, 5.41) is 0. The molecule has 0 unspecified atom stereocenters. The van der Waals surface area contributed by atoms with E-state index in [9.17, 15) is 4.79 Å². The third kappa shape index (κ3) is 1.91. The summed E-state index contributed by atoms with van der Waals surface area (Å²) >= 11 is 0. The summed E-state index contributed by atoms with van der Waals surface area (Å²) in [6.45, 7) is 6.77. The van der Waals surface area contributed by atoms with E-state index in [2.05, 4.69) is 0 Å². The van der Waals surface area contributed by atoms with Crippen molar-refractivity contribution in [1.29, 1.82) is 0 Å². The highest BCUT2D eigenvalue weighted by molar-refractivity contribution is 5.85. The van der Waals surface area contributed by atoms with Gasteiger partial charge in [-0.25, -0.2) is 0 Å². The van der Waals surface area contributed by atoms with Crippen molar-refractivity contribution in [2.75, 3.05) is 27.4 Å². The van der Waals surface area contributed by atoms with Gasteiger partial charge in [-0.05, 0) is 43.0 Å². The van der Waals surface area contributed by atoms with Gasteiger partial charge in [0.1, 0.15) is 11.2 Å². The minimum absolute atomic E-state index is 0.231. The first-order chi connectivity index (χ1) is 8.97. The molecule has 1 fully saturated rings. The highest BCUT2D eigenvalue weighted by Gasteiger charge is 2.50. The molecule has 1 aliphatic rings. The van der Waals surface area contributed by atoms with E-state index in [-0.39, 0.29) is 5.97 Å². The van der Waals surface area contributed by atoms with E-state index in [4.69, 9.17) is 14.2 Å². The van der Waals surface area contributed by atoms with Crippen LogP contribution < -0.4 is 4.74 Å². The molecule has 4 nitrogen and oxygen atoms in total. The molecule has 1 aliphatic heterocycles. The number of esters is 1. The van der Waals surface area contributed by atoms with Crippen molar-refractivity contribution in [1.82, 2.24) is 0 Å². The van der Waals surface area contributed by atoms with Gasteiger partial charge in [-0.2, -0.15) is 0 Å². The first kappa shape index (κ1) is 13.9. The van der Waals surface area contributed by atoms with Gasteiger partial charge in [0.15, 0.2) is 0 Å². The number of aryl methyl sites for hydroxylation is 1. The van der Waals surface area contributed by atoms with Crippen LogP contribution in [0.15, 0.2) is 6.07 Å². The first-order valence-corrected chi connectivity index (χ1v) is 6.29.